The summed E-state index contributed by atoms with van der Waals surface area (Å²) in [6.45, 7) is 16.3. The smallest absolute Gasteiger partial charge is 0.337 e. The Bertz CT molecular complexity index is 4340. The lowest BCUT2D eigenvalue weighted by molar-refractivity contribution is -0.367. The van der Waals surface area contributed by atoms with Crippen LogP contribution in [-0.4, -0.2) is 429 Å². The molecular formula is C88H140N4O46. The molecule has 6 heterocycles. The number of carbonyl (C=O) groups is 4. The van der Waals surface area contributed by atoms with Crippen LogP contribution in [0.25, 0.3) is 0 Å². The van der Waals surface area contributed by atoms with Crippen molar-refractivity contribution in [2.24, 2.45) is 55.3 Å². The van der Waals surface area contributed by atoms with Crippen molar-refractivity contribution in [2.45, 2.75) is 356 Å². The number of piperazine rings is 1. The zero-order valence-corrected chi connectivity index (χ0v) is 78.3. The van der Waals surface area contributed by atoms with E-state index in [0.29, 0.717) is 31.8 Å². The number of hydrogen-bond donors (Lipinski definition) is 29. The van der Waals surface area contributed by atoms with Gasteiger partial charge >= 0.3 is 23.9 Å². The fourth-order valence-corrected chi connectivity index (χ4v) is 22.1. The summed E-state index contributed by atoms with van der Waals surface area (Å²) in [5.41, 5.74) is -3.58. The van der Waals surface area contributed by atoms with Gasteiger partial charge in [0.05, 0.1) is 38.1 Å². The second-order valence-electron chi connectivity index (χ2n) is 39.5. The van der Waals surface area contributed by atoms with Gasteiger partial charge in [-0.3, -0.25) is 9.59 Å². The van der Waals surface area contributed by atoms with E-state index in [1.807, 2.05) is 33.8 Å². The molecule has 138 heavy (non-hydrogen) atoms. The Morgan fingerprint density at radius 2 is 1.21 bits per heavy atom. The number of nitrogens with one attached hydrogen (secondary N) is 2. The molecule has 6 aliphatic heterocycles. The third-order valence-corrected chi connectivity index (χ3v) is 29.8. The van der Waals surface area contributed by atoms with Crippen LogP contribution in [0.3, 0.4) is 0 Å². The standard InChI is InChI=1S/C88H140N4O46/c1-12-43(129-74(120)62(114)66(44(13-2)127-36(5)96)131-72(118)56(108)49(101)34(3)95)53(105)69(137-78-60(112)55(107)64(35(4)126-78)133-77-63(115)65(42(99)31-125-77)134-79-59(111)54(106)52(104)45(29-94)130-79)75(121)138-81(122)88-20-19-83(6,7)27-39(88)38-14-15-46-85(9)18-16-37(26-47(85)84(8,32-87(46,11)86(38,10)28-48(88)100)33-90-91-82(123)92-23-21-89-22-24-92)128-80-70(132-73(119)57(109)50(102)40(97)17-25-93)67(61(113)68(136-80)71(116)117)135-76-58(110)51(103)41(98)30-124-76/h14,33-35,37,39-48,51-52,54-55,58-61,63-65,67-68,70,72-80,89,93-95,97-115,118-121H,12-13,15-32H2,1-11H3,(H,91,123)(H,116,117)/b56-49+,57-50+,66-62-,69-53+,90-33+/t34?,35?,37-,39?,40?,41?,42?,43?,44?,45?,46?,47?,48+,51?,52?,54?,55?,58?,59?,60?,61?,63?,64?,65?,67?,68?,70?,72?,73?,74?,75?,76?,77?,78?,79?,80?,84+,85+,86+,87+,88+/m0/s1. The van der Waals surface area contributed by atoms with Crippen molar-refractivity contribution in [3.63, 3.8) is 0 Å². The van der Waals surface area contributed by atoms with Crippen molar-refractivity contribution in [3.8, 4) is 0 Å². The number of carboxylic acid groups (broad SMARTS) is 1. The molecule has 4 saturated carbocycles. The van der Waals surface area contributed by atoms with Crippen LogP contribution in [0.5, 0.6) is 0 Å². The second-order valence-corrected chi connectivity index (χ2v) is 39.5. The predicted molar refractivity (Wildman–Crippen MR) is 459 cm³/mol. The number of aliphatic hydroxyl groups is 26. The number of fused-ring (bicyclic) bond motifs is 7. The number of nitrogens with zero attached hydrogens (tertiary/aromatic N) is 2. The average Bonchev–Trinajstić information content (AvgIpc) is 0.664. The first kappa shape index (κ1) is 112. The largest absolute Gasteiger partial charge is 0.506 e. The number of rotatable bonds is 35. The molecule has 50 nitrogen and oxygen atoms in total. The van der Waals surface area contributed by atoms with E-state index in [2.05, 4.69) is 29.7 Å². The molecule has 5 aliphatic carbocycles. The highest BCUT2D eigenvalue weighted by molar-refractivity contribution is 5.80. The maximum atomic E-state index is 16.3. The first-order valence-electron chi connectivity index (χ1n) is 46.3. The average molecular weight is 1990 g/mol. The molecule has 0 aromatic heterocycles. The number of carboxylic acids is 1. The van der Waals surface area contributed by atoms with Crippen molar-refractivity contribution in [3.05, 3.63) is 57.7 Å². The summed E-state index contributed by atoms with van der Waals surface area (Å²) in [7, 11) is 0. The Morgan fingerprint density at radius 1 is 0.594 bits per heavy atom. The van der Waals surface area contributed by atoms with Gasteiger partial charge in [0.15, 0.2) is 71.9 Å². The number of amides is 2. The van der Waals surface area contributed by atoms with E-state index in [-0.39, 0.29) is 64.2 Å². The van der Waals surface area contributed by atoms with Gasteiger partial charge in [-0.05, 0) is 124 Å². The van der Waals surface area contributed by atoms with Gasteiger partial charge in [-0.2, -0.15) is 5.10 Å². The van der Waals surface area contributed by atoms with E-state index in [1.165, 1.54) is 20.8 Å². The molecule has 11 aliphatic rings. The summed E-state index contributed by atoms with van der Waals surface area (Å²) in [6, 6.07) is -0.540. The topological polar surface area (TPSA) is 793 Å². The molecular weight excluding hydrogens is 1850 g/mol. The summed E-state index contributed by atoms with van der Waals surface area (Å²) >= 11 is 0. The molecule has 6 saturated heterocycles. The highest BCUT2D eigenvalue weighted by atomic mass is 16.8. The number of hydrazone groups is 1. The highest BCUT2D eigenvalue weighted by Crippen LogP contribution is 2.77. The highest BCUT2D eigenvalue weighted by Gasteiger charge is 2.74. The SMILES string of the molecule is CCC(OC(C)=O)/C(OC(O)/C(O)=C(\O)C(C)O)=C(/O)C(O)OC(CC)/C(O)=C(\OC1OC(C)C(OC2OCC(O)C(OC3OC(CO)C(O)C(O)C3O)C2O)C(O)C1O)C(O)OC(=O)[C@]12CCC(C)(C)CC1C1=CCC3[C@@]4(C)CC[C@H](OC5OC(C(=O)O)C(O)C(OC6OCC(O)C(O)C6O)C5OC(O)/C(O)=C(\O)C(O)CCO)CC4[C@@](C)(/C=N/NC(=O)N4CCNCC4)C[C@@]3(C)[C@]1(C)C[C@H]2O. The maximum absolute atomic E-state index is 16.3. The molecule has 0 spiro atoms. The van der Waals surface area contributed by atoms with Crippen LogP contribution < -0.4 is 10.7 Å². The number of urea groups is 1. The minimum absolute atomic E-state index is 0.0177. The Kier molecular flexibility index (Phi) is 36.5. The molecule has 34 unspecified atom stereocenters. The van der Waals surface area contributed by atoms with E-state index in [4.69, 9.17) is 71.1 Å². The number of carbonyl (C=O) groups excluding carboxylic acids is 3. The van der Waals surface area contributed by atoms with Crippen molar-refractivity contribution in [1.82, 2.24) is 15.6 Å². The minimum atomic E-state index is -2.94. The van der Waals surface area contributed by atoms with Gasteiger partial charge in [0.25, 0.3) is 12.6 Å². The number of hydrogen-bond acceptors (Lipinski definition) is 47. The normalized spacial score (nSPS) is 41.9. The Balaban J connectivity index is 0.944. The van der Waals surface area contributed by atoms with E-state index in [1.54, 1.807) is 11.1 Å². The lowest BCUT2D eigenvalue weighted by Gasteiger charge is -2.72. The van der Waals surface area contributed by atoms with Gasteiger partial charge in [-0.25, -0.2) is 15.0 Å². The van der Waals surface area contributed by atoms with Gasteiger partial charge in [0, 0.05) is 57.8 Å². The zero-order chi connectivity index (χ0) is 102. The molecule has 41 atom stereocenters. The van der Waals surface area contributed by atoms with E-state index in [0.717, 1.165) is 13.8 Å². The number of ether oxygens (including phenoxy) is 15. The van der Waals surface area contributed by atoms with E-state index >= 15 is 4.79 Å². The molecule has 788 valence electrons. The van der Waals surface area contributed by atoms with Crippen molar-refractivity contribution in [1.29, 1.82) is 0 Å². The summed E-state index contributed by atoms with van der Waals surface area (Å²) < 4.78 is 87.7. The van der Waals surface area contributed by atoms with Gasteiger partial charge in [-0.15, -0.1) is 0 Å². The number of aliphatic carboxylic acids is 1. The quantitative estimate of drug-likeness (QED) is 0.00541. The third-order valence-electron chi connectivity index (χ3n) is 29.8. The monoisotopic (exact) mass is 1990 g/mol. The Morgan fingerprint density at radius 3 is 1.83 bits per heavy atom. The first-order chi connectivity index (χ1) is 64.7. The van der Waals surface area contributed by atoms with Crippen molar-refractivity contribution < 1.29 is 228 Å². The number of allylic oxidation sites excluding steroid dienone is 2. The number of aliphatic hydroxyl groups excluding tert-OH is 26. The molecule has 0 aromatic carbocycles. The minimum Gasteiger partial charge on any atom is -0.506 e. The predicted octanol–water partition coefficient (Wildman–Crippen LogP) is -4.48. The molecule has 2 amide bonds. The molecule has 29 N–H and O–H groups in total. The van der Waals surface area contributed by atoms with Gasteiger partial charge in [0.2, 0.25) is 30.4 Å². The van der Waals surface area contributed by atoms with Crippen molar-refractivity contribution >= 4 is 30.2 Å². The lowest BCUT2D eigenvalue weighted by Crippen LogP contribution is -2.69. The summed E-state index contributed by atoms with van der Waals surface area (Å²) in [5.74, 6) is -16.7. The van der Waals surface area contributed by atoms with Gasteiger partial charge < -0.3 is 219 Å². The summed E-state index contributed by atoms with van der Waals surface area (Å²) in [4.78, 5) is 57.6. The van der Waals surface area contributed by atoms with E-state index in [9.17, 15) is 152 Å². The van der Waals surface area contributed by atoms with Gasteiger partial charge in [-0.1, -0.05) is 67.0 Å². The van der Waals surface area contributed by atoms with Crippen LogP contribution in [0.2, 0.25) is 0 Å². The summed E-state index contributed by atoms with van der Waals surface area (Å²) in [5, 5.41) is 310. The van der Waals surface area contributed by atoms with Gasteiger partial charge in [0.1, 0.15) is 121 Å². The van der Waals surface area contributed by atoms with E-state index < -0.39 is 363 Å². The Labute approximate surface area is 792 Å². The molecule has 11 rings (SSSR count). The zero-order valence-electron chi connectivity index (χ0n) is 78.3. The van der Waals surface area contributed by atoms with Crippen LogP contribution in [0.15, 0.2) is 62.8 Å². The summed E-state index contributed by atoms with van der Waals surface area (Å²) in [6.07, 6.45) is -64.6. The maximum Gasteiger partial charge on any atom is 0.337 e. The van der Waals surface area contributed by atoms with Crippen LogP contribution in [0, 0.1) is 50.2 Å². The fourth-order valence-electron chi connectivity index (χ4n) is 22.1. The second kappa shape index (κ2) is 45.2. The van der Waals surface area contributed by atoms with Crippen LogP contribution in [0.1, 0.15) is 153 Å². The third kappa shape index (κ3) is 22.6. The number of esters is 2. The van der Waals surface area contributed by atoms with Crippen LogP contribution >= 0.6 is 0 Å². The van der Waals surface area contributed by atoms with Crippen molar-refractivity contribution in [2.75, 3.05) is 52.6 Å². The van der Waals surface area contributed by atoms with Crippen LogP contribution in [0.4, 0.5) is 4.79 Å². The molecule has 50 heteroatoms. The molecule has 0 aromatic rings. The lowest BCUT2D eigenvalue weighted by atomic mass is 9.31. The molecule has 0 radical (unpaired) electrons. The fraction of sp³-hybridized carbons (Fsp3) is 0.830. The first-order valence-corrected chi connectivity index (χ1v) is 46.3. The van der Waals surface area contributed by atoms with Crippen LogP contribution in [-0.2, 0) is 85.4 Å². The molecule has 10 fully saturated rings. The Hall–Kier alpha value is -6.83. The molecule has 0 bridgehead atoms.